The van der Waals surface area contributed by atoms with Gasteiger partial charge in [-0.2, -0.15) is 0 Å². The molecular weight excluding hydrogens is 286 g/mol. The highest BCUT2D eigenvalue weighted by molar-refractivity contribution is 5.73. The van der Waals surface area contributed by atoms with Gasteiger partial charge in [0.15, 0.2) is 0 Å². The van der Waals surface area contributed by atoms with Crippen molar-refractivity contribution in [2.45, 2.75) is 110 Å². The summed E-state index contributed by atoms with van der Waals surface area (Å²) in [4.78, 5) is 11.1. The Hall–Kier alpha value is -0.570. The van der Waals surface area contributed by atoms with Gasteiger partial charge in [0.2, 0.25) is 0 Å². The third-order valence-electron chi connectivity index (χ3n) is 4.43. The molecule has 0 amide bonds. The van der Waals surface area contributed by atoms with Crippen LogP contribution in [0.2, 0.25) is 0 Å². The largest absolute Gasteiger partial charge is 0.480 e. The molecule has 0 radical (unpaired) electrons. The van der Waals surface area contributed by atoms with Crippen molar-refractivity contribution in [2.75, 3.05) is 6.54 Å². The molecule has 1 unspecified atom stereocenters. The van der Waals surface area contributed by atoms with Gasteiger partial charge in [-0.3, -0.25) is 4.79 Å². The van der Waals surface area contributed by atoms with Crippen molar-refractivity contribution in [1.29, 1.82) is 0 Å². The summed E-state index contributed by atoms with van der Waals surface area (Å²) >= 11 is 0. The van der Waals surface area contributed by atoms with E-state index >= 15 is 0 Å². The minimum absolute atomic E-state index is 0.372. The predicted molar refractivity (Wildman–Crippen MR) is 100.0 cm³/mol. The molecule has 0 aromatic rings. The van der Waals surface area contributed by atoms with E-state index in [1.165, 1.54) is 70.6 Å². The Morgan fingerprint density at radius 2 is 1.26 bits per heavy atom. The van der Waals surface area contributed by atoms with Gasteiger partial charge in [0.05, 0.1) is 0 Å². The summed E-state index contributed by atoms with van der Waals surface area (Å²) in [5.41, 5.74) is 0. The molecule has 3 nitrogen and oxygen atoms in total. The van der Waals surface area contributed by atoms with Crippen molar-refractivity contribution >= 4 is 5.97 Å². The van der Waals surface area contributed by atoms with Crippen LogP contribution in [0.4, 0.5) is 0 Å². The number of hydrogen-bond acceptors (Lipinski definition) is 2. The molecule has 0 aliphatic rings. The maximum atomic E-state index is 11.1. The van der Waals surface area contributed by atoms with Crippen LogP contribution in [-0.2, 0) is 4.79 Å². The number of carboxylic acid groups (broad SMARTS) is 1. The van der Waals surface area contributed by atoms with Crippen LogP contribution in [0.15, 0.2) is 0 Å². The van der Waals surface area contributed by atoms with Gasteiger partial charge in [-0.1, -0.05) is 91.4 Å². The Kier molecular flexibility index (Phi) is 15.9. The Morgan fingerprint density at radius 3 is 1.65 bits per heavy atom. The lowest BCUT2D eigenvalue weighted by Gasteiger charge is -2.16. The molecule has 3 heteroatoms. The topological polar surface area (TPSA) is 49.3 Å². The minimum atomic E-state index is -0.711. The summed E-state index contributed by atoms with van der Waals surface area (Å²) in [6.07, 6.45) is 16.8. The van der Waals surface area contributed by atoms with Crippen molar-refractivity contribution in [3.05, 3.63) is 0 Å². The Balaban J connectivity index is 3.30. The first kappa shape index (κ1) is 22.4. The van der Waals surface area contributed by atoms with Crippen LogP contribution in [-0.4, -0.2) is 23.7 Å². The van der Waals surface area contributed by atoms with Crippen molar-refractivity contribution in [3.8, 4) is 0 Å². The van der Waals surface area contributed by atoms with Crippen molar-refractivity contribution in [2.24, 2.45) is 5.92 Å². The van der Waals surface area contributed by atoms with Crippen LogP contribution in [0.25, 0.3) is 0 Å². The molecule has 0 aliphatic carbocycles. The van der Waals surface area contributed by atoms with Crippen LogP contribution in [0.5, 0.6) is 0 Å². The fraction of sp³-hybridized carbons (Fsp3) is 0.950. The van der Waals surface area contributed by atoms with E-state index in [1.807, 2.05) is 0 Å². The van der Waals surface area contributed by atoms with E-state index in [2.05, 4.69) is 26.1 Å². The third kappa shape index (κ3) is 16.1. The molecule has 0 spiro atoms. The fourth-order valence-corrected chi connectivity index (χ4v) is 2.99. The molecule has 0 rings (SSSR count). The normalized spacial score (nSPS) is 12.7. The first-order valence-electron chi connectivity index (χ1n) is 10.0. The average Bonchev–Trinajstić information content (AvgIpc) is 2.50. The zero-order valence-corrected chi connectivity index (χ0v) is 15.9. The Morgan fingerprint density at radius 1 is 0.826 bits per heavy atom. The molecule has 23 heavy (non-hydrogen) atoms. The summed E-state index contributed by atoms with van der Waals surface area (Å²) in [6.45, 7) is 7.24. The van der Waals surface area contributed by atoms with E-state index in [4.69, 9.17) is 5.11 Å². The van der Waals surface area contributed by atoms with Gasteiger partial charge in [-0.05, 0) is 25.3 Å². The minimum Gasteiger partial charge on any atom is -0.480 e. The molecule has 0 saturated heterocycles. The van der Waals surface area contributed by atoms with E-state index in [1.54, 1.807) is 0 Å². The van der Waals surface area contributed by atoms with Gasteiger partial charge < -0.3 is 10.4 Å². The molecule has 0 saturated carbocycles. The maximum Gasteiger partial charge on any atom is 0.320 e. The number of unbranched alkanes of at least 4 members (excludes halogenated alkanes) is 11. The van der Waals surface area contributed by atoms with E-state index < -0.39 is 5.97 Å². The second kappa shape index (κ2) is 16.3. The van der Waals surface area contributed by atoms with Gasteiger partial charge in [-0.15, -0.1) is 0 Å². The Bertz CT molecular complexity index is 266. The summed E-state index contributed by atoms with van der Waals surface area (Å²) in [6, 6.07) is -0.372. The summed E-state index contributed by atoms with van der Waals surface area (Å²) in [7, 11) is 0. The van der Waals surface area contributed by atoms with Crippen molar-refractivity contribution in [1.82, 2.24) is 5.32 Å². The number of aliphatic carboxylic acids is 1. The molecule has 0 fully saturated rings. The number of carboxylic acids is 1. The molecular formula is C20H41NO2. The quantitative estimate of drug-likeness (QED) is 0.333. The second-order valence-electron chi connectivity index (χ2n) is 7.36. The molecule has 2 N–H and O–H groups in total. The zero-order chi connectivity index (χ0) is 17.3. The number of carbonyl (C=O) groups is 1. The standard InChI is InChI=1S/C20H41NO2/c1-4-5-6-7-8-9-10-11-12-13-14-15-16-21-19(20(22)23)17-18(2)3/h18-19,21H,4-17H2,1-3H3,(H,22,23). The van der Waals surface area contributed by atoms with E-state index in [-0.39, 0.29) is 6.04 Å². The lowest BCUT2D eigenvalue weighted by Crippen LogP contribution is -2.38. The highest BCUT2D eigenvalue weighted by atomic mass is 16.4. The van der Waals surface area contributed by atoms with Gasteiger partial charge in [0.25, 0.3) is 0 Å². The van der Waals surface area contributed by atoms with Crippen LogP contribution in [0.3, 0.4) is 0 Å². The zero-order valence-electron chi connectivity index (χ0n) is 15.9. The molecule has 0 aliphatic heterocycles. The highest BCUT2D eigenvalue weighted by Crippen LogP contribution is 2.12. The summed E-state index contributed by atoms with van der Waals surface area (Å²) in [5, 5.41) is 12.3. The lowest BCUT2D eigenvalue weighted by atomic mass is 10.0. The average molecular weight is 328 g/mol. The Labute approximate surface area is 144 Å². The molecule has 0 aromatic carbocycles. The molecule has 1 atom stereocenters. The number of nitrogens with one attached hydrogen (secondary N) is 1. The fourth-order valence-electron chi connectivity index (χ4n) is 2.99. The second-order valence-corrected chi connectivity index (χ2v) is 7.36. The monoisotopic (exact) mass is 327 g/mol. The summed E-state index contributed by atoms with van der Waals surface area (Å²) < 4.78 is 0. The molecule has 0 bridgehead atoms. The smallest absolute Gasteiger partial charge is 0.320 e. The van der Waals surface area contributed by atoms with Crippen molar-refractivity contribution in [3.63, 3.8) is 0 Å². The van der Waals surface area contributed by atoms with E-state index in [9.17, 15) is 4.79 Å². The van der Waals surface area contributed by atoms with Gasteiger partial charge >= 0.3 is 5.97 Å². The highest BCUT2D eigenvalue weighted by Gasteiger charge is 2.17. The maximum absolute atomic E-state index is 11.1. The van der Waals surface area contributed by atoms with Crippen LogP contribution < -0.4 is 5.32 Å². The van der Waals surface area contributed by atoms with Crippen LogP contribution >= 0.6 is 0 Å². The lowest BCUT2D eigenvalue weighted by molar-refractivity contribution is -0.139. The first-order chi connectivity index (χ1) is 11.1. The van der Waals surface area contributed by atoms with Gasteiger partial charge in [0, 0.05) is 0 Å². The third-order valence-corrected chi connectivity index (χ3v) is 4.43. The number of rotatable bonds is 17. The van der Waals surface area contributed by atoms with E-state index in [0.717, 1.165) is 13.0 Å². The van der Waals surface area contributed by atoms with Gasteiger partial charge in [0.1, 0.15) is 6.04 Å². The van der Waals surface area contributed by atoms with E-state index in [0.29, 0.717) is 12.3 Å². The van der Waals surface area contributed by atoms with Crippen molar-refractivity contribution < 1.29 is 9.90 Å². The SMILES string of the molecule is CCCCCCCCCCCCCCNC(CC(C)C)C(=O)O. The first-order valence-corrected chi connectivity index (χ1v) is 10.0. The summed E-state index contributed by atoms with van der Waals surface area (Å²) in [5.74, 6) is -0.289. The molecule has 0 aromatic heterocycles. The number of hydrogen-bond donors (Lipinski definition) is 2. The van der Waals surface area contributed by atoms with Gasteiger partial charge in [-0.25, -0.2) is 0 Å². The van der Waals surface area contributed by atoms with Crippen LogP contribution in [0.1, 0.15) is 104 Å². The molecule has 138 valence electrons. The predicted octanol–water partition coefficient (Wildman–Crippen LogP) is 5.78. The molecule has 0 heterocycles. The van der Waals surface area contributed by atoms with Crippen LogP contribution in [0, 0.1) is 5.92 Å².